The van der Waals surface area contributed by atoms with Crippen LogP contribution in [0.2, 0.25) is 5.02 Å². The number of carbonyl (C=O) groups is 1. The average Bonchev–Trinajstić information content (AvgIpc) is 2.40. The number of nitriles is 1. The second-order valence-electron chi connectivity index (χ2n) is 3.73. The summed E-state index contributed by atoms with van der Waals surface area (Å²) in [5, 5.41) is 24.2. The van der Waals surface area contributed by atoms with Crippen molar-refractivity contribution < 1.29 is 9.90 Å². The lowest BCUT2D eigenvalue weighted by Gasteiger charge is -2.06. The Hall–Kier alpha value is -2.19. The Kier molecular flexibility index (Phi) is 5.71. The van der Waals surface area contributed by atoms with Crippen LogP contribution in [-0.4, -0.2) is 17.6 Å². The van der Waals surface area contributed by atoms with E-state index in [4.69, 9.17) is 16.9 Å². The van der Waals surface area contributed by atoms with E-state index in [1.165, 1.54) is 24.4 Å². The minimum atomic E-state index is -0.460. The smallest absolute Gasteiger partial charge is 0.263 e. The van der Waals surface area contributed by atoms with Gasteiger partial charge in [-0.15, -0.1) is 0 Å². The molecule has 1 rings (SSSR count). The molecule has 0 atom stereocenters. The number of hydrogen-bond acceptors (Lipinski definition) is 4. The van der Waals surface area contributed by atoms with Gasteiger partial charge in [0, 0.05) is 17.8 Å². The SMILES string of the molecule is CCCNC(=O)/C(C#N)=C\Nc1cc(Cl)ccc1O. The number of nitrogens with zero attached hydrogens (tertiary/aromatic N) is 1. The monoisotopic (exact) mass is 279 g/mol. The van der Waals surface area contributed by atoms with Gasteiger partial charge in [0.25, 0.3) is 5.91 Å². The molecule has 3 N–H and O–H groups in total. The van der Waals surface area contributed by atoms with Crippen LogP contribution in [0.1, 0.15) is 13.3 Å². The number of hydrogen-bond donors (Lipinski definition) is 3. The summed E-state index contributed by atoms with van der Waals surface area (Å²) in [6, 6.07) is 6.23. The number of nitrogens with one attached hydrogen (secondary N) is 2. The van der Waals surface area contributed by atoms with E-state index in [2.05, 4.69) is 10.6 Å². The number of phenols is 1. The van der Waals surface area contributed by atoms with Crippen molar-refractivity contribution in [2.75, 3.05) is 11.9 Å². The second kappa shape index (κ2) is 7.29. The predicted octanol–water partition coefficient (Wildman–Crippen LogP) is 2.39. The Morgan fingerprint density at radius 2 is 2.32 bits per heavy atom. The van der Waals surface area contributed by atoms with Gasteiger partial charge in [-0.1, -0.05) is 18.5 Å². The zero-order chi connectivity index (χ0) is 14.3. The molecule has 0 heterocycles. The molecule has 0 aliphatic carbocycles. The Morgan fingerprint density at radius 3 is 2.95 bits per heavy atom. The highest BCUT2D eigenvalue weighted by molar-refractivity contribution is 6.30. The summed E-state index contributed by atoms with van der Waals surface area (Å²) in [5.41, 5.74) is 0.247. The molecule has 0 aliphatic rings. The summed E-state index contributed by atoms with van der Waals surface area (Å²) < 4.78 is 0. The van der Waals surface area contributed by atoms with Crippen LogP contribution in [0.3, 0.4) is 0 Å². The highest BCUT2D eigenvalue weighted by atomic mass is 35.5. The minimum Gasteiger partial charge on any atom is -0.506 e. The van der Waals surface area contributed by atoms with Crippen LogP contribution in [0.4, 0.5) is 5.69 Å². The van der Waals surface area contributed by atoms with Gasteiger partial charge in [-0.25, -0.2) is 0 Å². The molecule has 0 saturated heterocycles. The lowest BCUT2D eigenvalue weighted by Crippen LogP contribution is -2.25. The molecule has 0 unspecified atom stereocenters. The fourth-order valence-corrected chi connectivity index (χ4v) is 1.43. The lowest BCUT2D eigenvalue weighted by molar-refractivity contribution is -0.117. The Morgan fingerprint density at radius 1 is 1.58 bits per heavy atom. The van der Waals surface area contributed by atoms with Gasteiger partial charge in [0.1, 0.15) is 17.4 Å². The highest BCUT2D eigenvalue weighted by Gasteiger charge is 2.08. The maximum absolute atomic E-state index is 11.6. The third-order valence-corrected chi connectivity index (χ3v) is 2.47. The molecule has 6 heteroatoms. The van der Waals surface area contributed by atoms with Crippen LogP contribution in [0.5, 0.6) is 5.75 Å². The number of aromatic hydroxyl groups is 1. The maximum atomic E-state index is 11.6. The van der Waals surface area contributed by atoms with E-state index in [-0.39, 0.29) is 11.3 Å². The third kappa shape index (κ3) is 4.53. The summed E-state index contributed by atoms with van der Waals surface area (Å²) in [6.45, 7) is 2.42. The van der Waals surface area contributed by atoms with Gasteiger partial charge in [0.2, 0.25) is 0 Å². The van der Waals surface area contributed by atoms with E-state index in [0.717, 1.165) is 6.42 Å². The molecule has 0 radical (unpaired) electrons. The average molecular weight is 280 g/mol. The molecule has 1 aromatic rings. The molecule has 1 amide bonds. The van der Waals surface area contributed by atoms with Crippen LogP contribution in [0.25, 0.3) is 0 Å². The molecule has 0 spiro atoms. The van der Waals surface area contributed by atoms with Gasteiger partial charge in [-0.05, 0) is 24.6 Å². The van der Waals surface area contributed by atoms with Crippen molar-refractivity contribution >= 4 is 23.2 Å². The Labute approximate surface area is 116 Å². The van der Waals surface area contributed by atoms with Crippen LogP contribution >= 0.6 is 11.6 Å². The fraction of sp³-hybridized carbons (Fsp3) is 0.231. The zero-order valence-corrected chi connectivity index (χ0v) is 11.2. The maximum Gasteiger partial charge on any atom is 0.263 e. The number of halogens is 1. The molecule has 0 aliphatic heterocycles. The Balaban J connectivity index is 2.80. The zero-order valence-electron chi connectivity index (χ0n) is 10.4. The van der Waals surface area contributed by atoms with E-state index in [9.17, 15) is 9.90 Å². The summed E-state index contributed by atoms with van der Waals surface area (Å²) >= 11 is 5.78. The van der Waals surface area contributed by atoms with Gasteiger partial charge in [0.05, 0.1) is 5.69 Å². The van der Waals surface area contributed by atoms with E-state index in [1.807, 2.05) is 6.92 Å². The first-order valence-corrected chi connectivity index (χ1v) is 6.09. The van der Waals surface area contributed by atoms with Gasteiger partial charge in [0.15, 0.2) is 0 Å². The molecule has 0 bridgehead atoms. The second-order valence-corrected chi connectivity index (χ2v) is 4.17. The number of phenolic OH excluding ortho intramolecular Hbond substituents is 1. The lowest BCUT2D eigenvalue weighted by atomic mass is 10.2. The van der Waals surface area contributed by atoms with Crippen molar-refractivity contribution in [3.8, 4) is 11.8 Å². The first-order chi connectivity index (χ1) is 9.08. The first kappa shape index (κ1) is 14.9. The standard InChI is InChI=1S/C13H14ClN3O2/c1-2-5-16-13(19)9(7-15)8-17-11-6-10(14)3-4-12(11)18/h3-4,6,8,17-18H,2,5H2,1H3,(H,16,19)/b9-8-. The van der Waals surface area contributed by atoms with Crippen molar-refractivity contribution in [2.24, 2.45) is 0 Å². The highest BCUT2D eigenvalue weighted by Crippen LogP contribution is 2.26. The van der Waals surface area contributed by atoms with Crippen molar-refractivity contribution in [1.29, 1.82) is 5.26 Å². The van der Waals surface area contributed by atoms with E-state index in [0.29, 0.717) is 17.3 Å². The van der Waals surface area contributed by atoms with Crippen molar-refractivity contribution in [1.82, 2.24) is 5.32 Å². The number of benzene rings is 1. The summed E-state index contributed by atoms with van der Waals surface area (Å²) in [5.74, 6) is -0.481. The number of anilines is 1. The van der Waals surface area contributed by atoms with Gasteiger partial charge in [-0.3, -0.25) is 4.79 Å². The van der Waals surface area contributed by atoms with Crippen LogP contribution in [-0.2, 0) is 4.79 Å². The molecule has 0 saturated carbocycles. The molecule has 0 aromatic heterocycles. The van der Waals surface area contributed by atoms with E-state index in [1.54, 1.807) is 6.07 Å². The molecular weight excluding hydrogens is 266 g/mol. The predicted molar refractivity (Wildman–Crippen MR) is 73.7 cm³/mol. The summed E-state index contributed by atoms with van der Waals surface area (Å²) in [7, 11) is 0. The summed E-state index contributed by atoms with van der Waals surface area (Å²) in [4.78, 5) is 11.6. The summed E-state index contributed by atoms with van der Waals surface area (Å²) in [6.07, 6.45) is 2.02. The van der Waals surface area contributed by atoms with Crippen molar-refractivity contribution in [3.63, 3.8) is 0 Å². The van der Waals surface area contributed by atoms with Crippen molar-refractivity contribution in [2.45, 2.75) is 13.3 Å². The molecule has 5 nitrogen and oxygen atoms in total. The minimum absolute atomic E-state index is 0.0214. The van der Waals surface area contributed by atoms with Gasteiger partial charge < -0.3 is 15.7 Å². The Bertz CT molecular complexity index is 535. The van der Waals surface area contributed by atoms with Gasteiger partial charge >= 0.3 is 0 Å². The molecule has 19 heavy (non-hydrogen) atoms. The van der Waals surface area contributed by atoms with E-state index < -0.39 is 5.91 Å². The fourth-order valence-electron chi connectivity index (χ4n) is 1.26. The normalized spacial score (nSPS) is 10.7. The third-order valence-electron chi connectivity index (χ3n) is 2.23. The molecule has 100 valence electrons. The van der Waals surface area contributed by atoms with Gasteiger partial charge in [-0.2, -0.15) is 5.26 Å². The van der Waals surface area contributed by atoms with Crippen molar-refractivity contribution in [3.05, 3.63) is 35.0 Å². The van der Waals surface area contributed by atoms with Crippen LogP contribution < -0.4 is 10.6 Å². The topological polar surface area (TPSA) is 85.2 Å². The first-order valence-electron chi connectivity index (χ1n) is 5.72. The largest absolute Gasteiger partial charge is 0.506 e. The van der Waals surface area contributed by atoms with Crippen LogP contribution in [0, 0.1) is 11.3 Å². The molecular formula is C13H14ClN3O2. The number of carbonyl (C=O) groups excluding carboxylic acids is 1. The van der Waals surface area contributed by atoms with Crippen LogP contribution in [0.15, 0.2) is 30.0 Å². The number of amides is 1. The van der Waals surface area contributed by atoms with E-state index >= 15 is 0 Å². The molecule has 0 fully saturated rings. The molecule has 1 aromatic carbocycles. The quantitative estimate of drug-likeness (QED) is 0.439. The number of rotatable bonds is 5.